The number of aromatic nitrogens is 3. The van der Waals surface area contributed by atoms with Gasteiger partial charge in [-0.1, -0.05) is 30.0 Å². The van der Waals surface area contributed by atoms with Crippen molar-refractivity contribution in [2.24, 2.45) is 0 Å². The summed E-state index contributed by atoms with van der Waals surface area (Å²) in [5.41, 5.74) is 0.821. The SMILES string of the molecule is O=C(CSc1nc2ccccc2c(=O)n1Cc1cccnc1)Nc1cc(F)ccc1F. The Labute approximate surface area is 180 Å². The Hall–Kier alpha value is -3.59. The van der Waals surface area contributed by atoms with Gasteiger partial charge in [-0.3, -0.25) is 19.1 Å². The predicted molar refractivity (Wildman–Crippen MR) is 115 cm³/mol. The number of amides is 1. The van der Waals surface area contributed by atoms with Crippen LogP contribution in [-0.2, 0) is 11.3 Å². The van der Waals surface area contributed by atoms with Gasteiger partial charge in [0.05, 0.1) is 28.9 Å². The molecule has 0 spiro atoms. The van der Waals surface area contributed by atoms with Crippen LogP contribution in [0.15, 0.2) is 76.9 Å². The summed E-state index contributed by atoms with van der Waals surface area (Å²) in [5, 5.41) is 3.14. The molecular weight excluding hydrogens is 422 g/mol. The van der Waals surface area contributed by atoms with Crippen LogP contribution in [0.4, 0.5) is 14.5 Å². The summed E-state index contributed by atoms with van der Waals surface area (Å²) in [6.07, 6.45) is 3.28. The van der Waals surface area contributed by atoms with Crippen molar-refractivity contribution in [2.75, 3.05) is 11.1 Å². The van der Waals surface area contributed by atoms with E-state index in [2.05, 4.69) is 15.3 Å². The minimum atomic E-state index is -0.739. The highest BCUT2D eigenvalue weighted by molar-refractivity contribution is 7.99. The van der Waals surface area contributed by atoms with Crippen molar-refractivity contribution < 1.29 is 13.6 Å². The molecule has 31 heavy (non-hydrogen) atoms. The fraction of sp³-hybridized carbons (Fsp3) is 0.0909. The highest BCUT2D eigenvalue weighted by Crippen LogP contribution is 2.20. The van der Waals surface area contributed by atoms with E-state index in [1.54, 1.807) is 42.7 Å². The van der Waals surface area contributed by atoms with E-state index in [1.807, 2.05) is 6.07 Å². The molecule has 1 amide bonds. The lowest BCUT2D eigenvalue weighted by molar-refractivity contribution is -0.113. The summed E-state index contributed by atoms with van der Waals surface area (Å²) in [4.78, 5) is 34.0. The van der Waals surface area contributed by atoms with Crippen LogP contribution in [0.25, 0.3) is 10.9 Å². The van der Waals surface area contributed by atoms with Gasteiger partial charge >= 0.3 is 0 Å². The number of hydrogen-bond acceptors (Lipinski definition) is 5. The van der Waals surface area contributed by atoms with Crippen LogP contribution < -0.4 is 10.9 Å². The van der Waals surface area contributed by atoms with E-state index in [0.717, 1.165) is 35.5 Å². The summed E-state index contributed by atoms with van der Waals surface area (Å²) >= 11 is 1.04. The minimum absolute atomic E-state index is 0.145. The zero-order chi connectivity index (χ0) is 21.8. The van der Waals surface area contributed by atoms with Crippen LogP contribution >= 0.6 is 11.8 Å². The molecule has 2 aromatic carbocycles. The van der Waals surface area contributed by atoms with Crippen LogP contribution in [0, 0.1) is 11.6 Å². The summed E-state index contributed by atoms with van der Waals surface area (Å²) in [6, 6.07) is 13.4. The Balaban J connectivity index is 1.61. The van der Waals surface area contributed by atoms with Crippen LogP contribution in [0.5, 0.6) is 0 Å². The average Bonchev–Trinajstić information content (AvgIpc) is 2.78. The van der Waals surface area contributed by atoms with Gasteiger partial charge in [0.25, 0.3) is 5.56 Å². The first-order valence-corrected chi connectivity index (χ1v) is 10.3. The van der Waals surface area contributed by atoms with Gasteiger partial charge in [-0.05, 0) is 35.9 Å². The number of carbonyl (C=O) groups is 1. The lowest BCUT2D eigenvalue weighted by Crippen LogP contribution is -2.25. The first kappa shape index (κ1) is 20.7. The molecule has 0 aliphatic rings. The predicted octanol–water partition coefficient (Wildman–Crippen LogP) is 3.85. The number of rotatable bonds is 6. The zero-order valence-corrected chi connectivity index (χ0v) is 16.9. The summed E-state index contributed by atoms with van der Waals surface area (Å²) in [7, 11) is 0. The van der Waals surface area contributed by atoms with Gasteiger partial charge in [-0.15, -0.1) is 0 Å². The molecule has 2 heterocycles. The highest BCUT2D eigenvalue weighted by atomic mass is 32.2. The molecule has 0 saturated carbocycles. The van der Waals surface area contributed by atoms with Crippen LogP contribution in [0.1, 0.15) is 5.56 Å². The van der Waals surface area contributed by atoms with E-state index < -0.39 is 17.5 Å². The molecular formula is C22H16F2N4O2S. The molecule has 4 aromatic rings. The number of thioether (sulfide) groups is 1. The molecule has 0 aliphatic carbocycles. The van der Waals surface area contributed by atoms with Gasteiger partial charge in [0.2, 0.25) is 5.91 Å². The molecule has 156 valence electrons. The number of anilines is 1. The summed E-state index contributed by atoms with van der Waals surface area (Å²) in [6.45, 7) is 0.229. The summed E-state index contributed by atoms with van der Waals surface area (Å²) < 4.78 is 28.6. The Bertz CT molecular complexity index is 1310. The van der Waals surface area contributed by atoms with Crippen LogP contribution in [0.3, 0.4) is 0 Å². The number of hydrogen-bond donors (Lipinski definition) is 1. The number of nitrogens with one attached hydrogen (secondary N) is 1. The summed E-state index contributed by atoms with van der Waals surface area (Å²) in [5.74, 6) is -2.10. The van der Waals surface area contributed by atoms with Crippen molar-refractivity contribution in [3.63, 3.8) is 0 Å². The minimum Gasteiger partial charge on any atom is -0.323 e. The van der Waals surface area contributed by atoms with Crippen LogP contribution in [-0.4, -0.2) is 26.2 Å². The second kappa shape index (κ2) is 9.05. The van der Waals surface area contributed by atoms with Gasteiger partial charge in [-0.2, -0.15) is 0 Å². The molecule has 0 saturated heterocycles. The fourth-order valence-electron chi connectivity index (χ4n) is 2.98. The van der Waals surface area contributed by atoms with Gasteiger partial charge < -0.3 is 5.32 Å². The maximum absolute atomic E-state index is 13.8. The quantitative estimate of drug-likeness (QED) is 0.366. The van der Waals surface area contributed by atoms with Gasteiger partial charge in [0, 0.05) is 18.5 Å². The molecule has 1 N–H and O–H groups in total. The first-order valence-electron chi connectivity index (χ1n) is 9.27. The number of pyridine rings is 1. The maximum atomic E-state index is 13.8. The lowest BCUT2D eigenvalue weighted by Gasteiger charge is -2.13. The van der Waals surface area contributed by atoms with E-state index in [4.69, 9.17) is 0 Å². The van der Waals surface area contributed by atoms with Crippen molar-refractivity contribution >= 4 is 34.3 Å². The third kappa shape index (κ3) is 4.77. The number of halogens is 2. The molecule has 0 fully saturated rings. The molecule has 4 rings (SSSR count). The monoisotopic (exact) mass is 438 g/mol. The first-order chi connectivity index (χ1) is 15.0. The Morgan fingerprint density at radius 3 is 2.74 bits per heavy atom. The average molecular weight is 438 g/mol. The van der Waals surface area contributed by atoms with Crippen LogP contribution in [0.2, 0.25) is 0 Å². The fourth-order valence-corrected chi connectivity index (χ4v) is 3.78. The Kier molecular flexibility index (Phi) is 6.03. The topological polar surface area (TPSA) is 76.9 Å². The van der Waals surface area contributed by atoms with E-state index in [1.165, 1.54) is 4.57 Å². The molecule has 0 unspecified atom stereocenters. The van der Waals surface area contributed by atoms with Gasteiger partial charge in [-0.25, -0.2) is 13.8 Å². The normalized spacial score (nSPS) is 10.9. The number of nitrogens with zero attached hydrogens (tertiary/aromatic N) is 3. The van der Waals surface area contributed by atoms with Gasteiger partial charge in [0.15, 0.2) is 5.16 Å². The number of fused-ring (bicyclic) bond motifs is 1. The van der Waals surface area contributed by atoms with Crippen molar-refractivity contribution in [3.8, 4) is 0 Å². The molecule has 2 aromatic heterocycles. The molecule has 0 atom stereocenters. The maximum Gasteiger partial charge on any atom is 0.262 e. The lowest BCUT2D eigenvalue weighted by atomic mass is 10.2. The Morgan fingerprint density at radius 2 is 1.94 bits per heavy atom. The number of benzene rings is 2. The molecule has 9 heteroatoms. The zero-order valence-electron chi connectivity index (χ0n) is 16.1. The number of carbonyl (C=O) groups excluding carboxylic acids is 1. The van der Waals surface area contributed by atoms with E-state index in [-0.39, 0.29) is 23.5 Å². The van der Waals surface area contributed by atoms with Crippen molar-refractivity contribution in [3.05, 3.63) is 94.5 Å². The second-order valence-electron chi connectivity index (χ2n) is 6.63. The standard InChI is InChI=1S/C22H16F2N4O2S/c23-15-7-8-17(24)19(10-15)26-20(29)13-31-22-27-18-6-2-1-5-16(18)21(30)28(22)12-14-4-3-9-25-11-14/h1-11H,12-13H2,(H,26,29). The molecule has 6 nitrogen and oxygen atoms in total. The number of para-hydroxylation sites is 1. The van der Waals surface area contributed by atoms with Gasteiger partial charge in [0.1, 0.15) is 11.6 Å². The highest BCUT2D eigenvalue weighted by Gasteiger charge is 2.15. The molecule has 0 aliphatic heterocycles. The van der Waals surface area contributed by atoms with Crippen molar-refractivity contribution in [1.82, 2.24) is 14.5 Å². The molecule has 0 radical (unpaired) electrons. The third-order valence-corrected chi connectivity index (χ3v) is 5.40. The van der Waals surface area contributed by atoms with E-state index >= 15 is 0 Å². The van der Waals surface area contributed by atoms with E-state index in [0.29, 0.717) is 16.1 Å². The largest absolute Gasteiger partial charge is 0.323 e. The smallest absolute Gasteiger partial charge is 0.262 e. The molecule has 0 bridgehead atoms. The third-order valence-electron chi connectivity index (χ3n) is 4.42. The van der Waals surface area contributed by atoms with E-state index in [9.17, 15) is 18.4 Å². The second-order valence-corrected chi connectivity index (χ2v) is 7.57. The van der Waals surface area contributed by atoms with Crippen molar-refractivity contribution in [2.45, 2.75) is 11.7 Å². The van der Waals surface area contributed by atoms with Crippen molar-refractivity contribution in [1.29, 1.82) is 0 Å². The Morgan fingerprint density at radius 1 is 1.10 bits per heavy atom.